The van der Waals surface area contributed by atoms with Crippen LogP contribution in [0, 0.1) is 5.82 Å². The van der Waals surface area contributed by atoms with Crippen molar-refractivity contribution in [2.24, 2.45) is 0 Å². The molecule has 1 aromatic carbocycles. The van der Waals surface area contributed by atoms with Gasteiger partial charge >= 0.3 is 6.03 Å². The summed E-state index contributed by atoms with van der Waals surface area (Å²) in [5.41, 5.74) is 0.707. The highest BCUT2D eigenvalue weighted by molar-refractivity contribution is 7.99. The van der Waals surface area contributed by atoms with Crippen LogP contribution in [0.4, 0.5) is 9.18 Å². The standard InChI is InChI=1S/C17H21FN6O2S/c1-11(22(2)3)15-20-21-17(24(15)13-6-4-12(18)5-7-13)27-10-14(25)23-9-8-19-16(23)26/h4-7,11H,8-10H2,1-3H3,(H,19,26)/t11-/m0/s1. The molecule has 1 aromatic heterocycles. The average molecular weight is 392 g/mol. The molecule has 3 amide bonds. The van der Waals surface area contributed by atoms with Crippen molar-refractivity contribution >= 4 is 23.7 Å². The Hall–Kier alpha value is -2.46. The molecule has 0 spiro atoms. The third-order valence-electron chi connectivity index (χ3n) is 4.37. The van der Waals surface area contributed by atoms with E-state index in [1.165, 1.54) is 28.8 Å². The maximum Gasteiger partial charge on any atom is 0.324 e. The summed E-state index contributed by atoms with van der Waals surface area (Å²) < 4.78 is 15.1. The van der Waals surface area contributed by atoms with Gasteiger partial charge in [-0.3, -0.25) is 19.2 Å². The van der Waals surface area contributed by atoms with Gasteiger partial charge in [-0.25, -0.2) is 9.18 Å². The fourth-order valence-corrected chi connectivity index (χ4v) is 3.46. The number of urea groups is 1. The van der Waals surface area contributed by atoms with Crippen LogP contribution in [0.15, 0.2) is 29.4 Å². The Morgan fingerprint density at radius 2 is 2.04 bits per heavy atom. The number of nitrogens with one attached hydrogen (secondary N) is 1. The van der Waals surface area contributed by atoms with Crippen molar-refractivity contribution in [3.63, 3.8) is 0 Å². The van der Waals surface area contributed by atoms with E-state index in [0.29, 0.717) is 29.8 Å². The van der Waals surface area contributed by atoms with E-state index in [4.69, 9.17) is 0 Å². The third-order valence-corrected chi connectivity index (χ3v) is 5.29. The molecule has 1 atom stereocenters. The van der Waals surface area contributed by atoms with Crippen molar-refractivity contribution in [3.8, 4) is 5.69 Å². The van der Waals surface area contributed by atoms with E-state index in [0.717, 1.165) is 0 Å². The Morgan fingerprint density at radius 1 is 1.33 bits per heavy atom. The van der Waals surface area contributed by atoms with Crippen molar-refractivity contribution in [3.05, 3.63) is 35.9 Å². The number of carbonyl (C=O) groups excluding carboxylic acids is 2. The SMILES string of the molecule is C[C@@H](c1nnc(SCC(=O)N2CCNC2=O)n1-c1ccc(F)cc1)N(C)C. The lowest BCUT2D eigenvalue weighted by molar-refractivity contribution is -0.124. The van der Waals surface area contributed by atoms with E-state index < -0.39 is 0 Å². The molecular formula is C17H21FN6O2S. The van der Waals surface area contributed by atoms with Gasteiger partial charge in [-0.2, -0.15) is 0 Å². The molecule has 144 valence electrons. The second-order valence-corrected chi connectivity index (χ2v) is 7.30. The first-order chi connectivity index (χ1) is 12.9. The summed E-state index contributed by atoms with van der Waals surface area (Å²) >= 11 is 1.20. The second kappa shape index (κ2) is 8.05. The Morgan fingerprint density at radius 3 is 2.63 bits per heavy atom. The Balaban J connectivity index is 1.87. The number of hydrogen-bond donors (Lipinski definition) is 1. The maximum atomic E-state index is 13.3. The molecule has 0 saturated carbocycles. The van der Waals surface area contributed by atoms with Gasteiger partial charge in [-0.1, -0.05) is 11.8 Å². The van der Waals surface area contributed by atoms with E-state index in [1.807, 2.05) is 30.5 Å². The van der Waals surface area contributed by atoms with E-state index in [2.05, 4.69) is 15.5 Å². The molecule has 0 bridgehead atoms. The lowest BCUT2D eigenvalue weighted by Gasteiger charge is -2.20. The Bertz CT molecular complexity index is 838. The number of hydrogen-bond acceptors (Lipinski definition) is 6. The largest absolute Gasteiger partial charge is 0.336 e. The quantitative estimate of drug-likeness (QED) is 0.753. The van der Waals surface area contributed by atoms with E-state index in [9.17, 15) is 14.0 Å². The van der Waals surface area contributed by atoms with Crippen LogP contribution in [0.25, 0.3) is 5.69 Å². The predicted octanol–water partition coefficient (Wildman–Crippen LogP) is 1.67. The summed E-state index contributed by atoms with van der Waals surface area (Å²) in [5, 5.41) is 11.6. The van der Waals surface area contributed by atoms with Crippen molar-refractivity contribution in [2.45, 2.75) is 18.1 Å². The lowest BCUT2D eigenvalue weighted by Crippen LogP contribution is -2.35. The zero-order valence-corrected chi connectivity index (χ0v) is 16.2. The minimum absolute atomic E-state index is 0.0445. The molecule has 8 nitrogen and oxygen atoms in total. The van der Waals surface area contributed by atoms with Gasteiger partial charge in [0.25, 0.3) is 0 Å². The van der Waals surface area contributed by atoms with Crippen molar-refractivity contribution < 1.29 is 14.0 Å². The molecule has 27 heavy (non-hydrogen) atoms. The molecule has 3 rings (SSSR count). The number of rotatable bonds is 6. The van der Waals surface area contributed by atoms with Crippen LogP contribution in [0.1, 0.15) is 18.8 Å². The van der Waals surface area contributed by atoms with Crippen molar-refractivity contribution in [1.82, 2.24) is 29.9 Å². The highest BCUT2D eigenvalue weighted by Gasteiger charge is 2.27. The van der Waals surface area contributed by atoms with Crippen LogP contribution in [0.5, 0.6) is 0 Å². The average Bonchev–Trinajstić information content (AvgIpc) is 3.26. The zero-order chi connectivity index (χ0) is 19.6. The molecule has 1 saturated heterocycles. The molecule has 0 radical (unpaired) electrons. The zero-order valence-electron chi connectivity index (χ0n) is 15.3. The fourth-order valence-electron chi connectivity index (χ4n) is 2.62. The number of nitrogens with zero attached hydrogens (tertiary/aromatic N) is 5. The highest BCUT2D eigenvalue weighted by atomic mass is 32.2. The number of benzene rings is 1. The van der Waals surface area contributed by atoms with Gasteiger partial charge in [0.15, 0.2) is 11.0 Å². The number of amides is 3. The lowest BCUT2D eigenvalue weighted by atomic mass is 10.2. The summed E-state index contributed by atoms with van der Waals surface area (Å²) in [6.07, 6.45) is 0. The van der Waals surface area contributed by atoms with Gasteiger partial charge < -0.3 is 5.32 Å². The summed E-state index contributed by atoms with van der Waals surface area (Å²) in [7, 11) is 3.85. The van der Waals surface area contributed by atoms with E-state index >= 15 is 0 Å². The summed E-state index contributed by atoms with van der Waals surface area (Å²) in [4.78, 5) is 27.1. The van der Waals surface area contributed by atoms with Crippen LogP contribution in [-0.4, -0.2) is 69.4 Å². The highest BCUT2D eigenvalue weighted by Crippen LogP contribution is 2.27. The molecule has 1 aliphatic rings. The molecule has 0 aliphatic carbocycles. The summed E-state index contributed by atoms with van der Waals surface area (Å²) in [6, 6.07) is 5.61. The molecule has 10 heteroatoms. The third kappa shape index (κ3) is 4.11. The number of thioether (sulfide) groups is 1. The van der Waals surface area contributed by atoms with Gasteiger partial charge in [0.2, 0.25) is 5.91 Å². The molecule has 1 fully saturated rings. The van der Waals surface area contributed by atoms with E-state index in [1.54, 1.807) is 12.1 Å². The van der Waals surface area contributed by atoms with Crippen LogP contribution in [0.2, 0.25) is 0 Å². The summed E-state index contributed by atoms with van der Waals surface area (Å²) in [5.74, 6) is 0.119. The summed E-state index contributed by atoms with van der Waals surface area (Å²) in [6.45, 7) is 2.81. The molecular weight excluding hydrogens is 371 g/mol. The van der Waals surface area contributed by atoms with Crippen LogP contribution in [0.3, 0.4) is 0 Å². The number of halogens is 1. The van der Waals surface area contributed by atoms with Crippen LogP contribution < -0.4 is 5.32 Å². The first-order valence-electron chi connectivity index (χ1n) is 8.47. The fraction of sp³-hybridized carbons (Fsp3) is 0.412. The van der Waals surface area contributed by atoms with Gasteiger partial charge in [0, 0.05) is 18.8 Å². The van der Waals surface area contributed by atoms with Crippen LogP contribution in [-0.2, 0) is 4.79 Å². The molecule has 0 unspecified atom stereocenters. The van der Waals surface area contributed by atoms with Gasteiger partial charge in [-0.15, -0.1) is 10.2 Å². The molecule has 1 aliphatic heterocycles. The minimum Gasteiger partial charge on any atom is -0.336 e. The molecule has 2 heterocycles. The first kappa shape index (κ1) is 19.3. The number of aromatic nitrogens is 3. The maximum absolute atomic E-state index is 13.3. The normalized spacial score (nSPS) is 15.3. The van der Waals surface area contributed by atoms with Crippen LogP contribution >= 0.6 is 11.8 Å². The predicted molar refractivity (Wildman–Crippen MR) is 99.3 cm³/mol. The topological polar surface area (TPSA) is 83.4 Å². The smallest absolute Gasteiger partial charge is 0.324 e. The Kier molecular flexibility index (Phi) is 5.76. The first-order valence-corrected chi connectivity index (χ1v) is 9.45. The van der Waals surface area contributed by atoms with Gasteiger partial charge in [-0.05, 0) is 45.3 Å². The van der Waals surface area contributed by atoms with Crippen molar-refractivity contribution in [1.29, 1.82) is 0 Å². The monoisotopic (exact) mass is 392 g/mol. The molecule has 1 N–H and O–H groups in total. The van der Waals surface area contributed by atoms with Gasteiger partial charge in [0.05, 0.1) is 11.8 Å². The Labute approximate surface area is 160 Å². The second-order valence-electron chi connectivity index (χ2n) is 6.36. The van der Waals surface area contributed by atoms with Crippen molar-refractivity contribution in [2.75, 3.05) is 32.9 Å². The number of carbonyl (C=O) groups is 2. The van der Waals surface area contributed by atoms with Gasteiger partial charge in [0.1, 0.15) is 5.82 Å². The minimum atomic E-state index is -0.373. The van der Waals surface area contributed by atoms with E-state index in [-0.39, 0.29) is 29.6 Å². The number of imide groups is 1. The molecule has 2 aromatic rings.